The summed E-state index contributed by atoms with van der Waals surface area (Å²) in [5.41, 5.74) is 2.68. The average Bonchev–Trinajstić information content (AvgIpc) is 2.94. The maximum atomic E-state index is 15.2. The van der Waals surface area contributed by atoms with Gasteiger partial charge in [-0.3, -0.25) is 14.6 Å². The van der Waals surface area contributed by atoms with Gasteiger partial charge in [0.25, 0.3) is 5.88 Å². The number of aryl methyl sites for hydroxylation is 3. The molecule has 5 aromatic rings. The van der Waals surface area contributed by atoms with Crippen LogP contribution in [-0.4, -0.2) is 34.5 Å². The number of ketones is 1. The molecule has 0 N–H and O–H groups in total. The highest BCUT2D eigenvalue weighted by Gasteiger charge is 2.20. The Balaban J connectivity index is 1.42. The molecule has 0 radical (unpaired) electrons. The molecule has 0 aliphatic heterocycles. The zero-order valence-corrected chi connectivity index (χ0v) is 23.6. The highest BCUT2D eigenvalue weighted by atomic mass is 19.1. The molecule has 0 atom stereocenters. The zero-order chi connectivity index (χ0) is 30.1. The molecule has 0 fully saturated rings. The van der Waals surface area contributed by atoms with Gasteiger partial charge in [0, 0.05) is 49.8 Å². The molecule has 0 unspecified atom stereocenters. The van der Waals surface area contributed by atoms with Crippen molar-refractivity contribution in [2.75, 3.05) is 14.2 Å². The molecule has 0 aliphatic carbocycles. The molecular weight excluding hydrogens is 544 g/mol. The summed E-state index contributed by atoms with van der Waals surface area (Å²) in [7, 11) is 4.63. The van der Waals surface area contributed by atoms with E-state index in [1.807, 2.05) is 0 Å². The molecule has 3 heterocycles. The van der Waals surface area contributed by atoms with Gasteiger partial charge >= 0.3 is 0 Å². The Hall–Kier alpha value is -5.12. The number of carbonyl (C=O) groups is 1. The van der Waals surface area contributed by atoms with E-state index in [1.165, 1.54) is 50.9 Å². The van der Waals surface area contributed by atoms with E-state index in [0.29, 0.717) is 44.6 Å². The number of hydrogen-bond acceptors (Lipinski definition) is 7. The molecule has 214 valence electrons. The lowest BCUT2D eigenvalue weighted by Gasteiger charge is -2.13. The van der Waals surface area contributed by atoms with Crippen LogP contribution >= 0.6 is 0 Å². The summed E-state index contributed by atoms with van der Waals surface area (Å²) in [6.45, 7) is 3.42. The second kappa shape index (κ2) is 11.4. The molecule has 2 aromatic carbocycles. The van der Waals surface area contributed by atoms with Gasteiger partial charge in [-0.05, 0) is 60.4 Å². The molecule has 0 saturated carbocycles. The Morgan fingerprint density at radius 2 is 1.67 bits per heavy atom. The minimum absolute atomic E-state index is 0.0439. The number of fused-ring (bicyclic) bond motifs is 1. The van der Waals surface area contributed by atoms with Gasteiger partial charge in [-0.15, -0.1) is 0 Å². The van der Waals surface area contributed by atoms with Gasteiger partial charge in [0.2, 0.25) is 0 Å². The fourth-order valence-corrected chi connectivity index (χ4v) is 4.94. The molecule has 10 heteroatoms. The normalized spacial score (nSPS) is 11.0. The Morgan fingerprint density at radius 3 is 2.33 bits per heavy atom. The summed E-state index contributed by atoms with van der Waals surface area (Å²) >= 11 is 0. The smallest absolute Gasteiger partial charge is 0.257 e. The van der Waals surface area contributed by atoms with Crippen LogP contribution in [0.2, 0.25) is 0 Å². The third-order valence-corrected chi connectivity index (χ3v) is 6.82. The van der Waals surface area contributed by atoms with Crippen LogP contribution in [0.1, 0.15) is 27.0 Å². The lowest BCUT2D eigenvalue weighted by Crippen LogP contribution is -2.21. The van der Waals surface area contributed by atoms with E-state index in [4.69, 9.17) is 14.2 Å². The number of carbonyl (C=O) groups excluding carboxylic acids is 1. The van der Waals surface area contributed by atoms with Crippen molar-refractivity contribution in [2.45, 2.75) is 20.3 Å². The predicted octanol–water partition coefficient (Wildman–Crippen LogP) is 6.13. The second-order valence-corrected chi connectivity index (χ2v) is 9.84. The molecule has 0 saturated heterocycles. The van der Waals surface area contributed by atoms with Gasteiger partial charge in [0.15, 0.2) is 34.3 Å². The van der Waals surface area contributed by atoms with Crippen molar-refractivity contribution in [1.29, 1.82) is 0 Å². The summed E-state index contributed by atoms with van der Waals surface area (Å²) < 4.78 is 47.0. The fraction of sp³-hybridized carbons (Fsp3) is 0.188. The number of ether oxygens (including phenoxy) is 3. The first-order chi connectivity index (χ1) is 20.1. The third kappa shape index (κ3) is 5.43. The average molecular weight is 572 g/mol. The van der Waals surface area contributed by atoms with E-state index in [2.05, 4.69) is 9.97 Å². The van der Waals surface area contributed by atoms with Crippen molar-refractivity contribution < 1.29 is 27.8 Å². The highest BCUT2D eigenvalue weighted by Crippen LogP contribution is 2.35. The quantitative estimate of drug-likeness (QED) is 0.207. The number of pyridine rings is 3. The van der Waals surface area contributed by atoms with E-state index >= 15 is 4.39 Å². The number of rotatable bonds is 8. The number of hydrogen-bond donors (Lipinski definition) is 0. The van der Waals surface area contributed by atoms with E-state index < -0.39 is 22.8 Å². The topological polar surface area (TPSA) is 92.5 Å². The second-order valence-electron chi connectivity index (χ2n) is 9.84. The summed E-state index contributed by atoms with van der Waals surface area (Å²) in [5, 5.41) is 0. The minimum atomic E-state index is -0.704. The van der Waals surface area contributed by atoms with Crippen molar-refractivity contribution in [3.8, 4) is 34.3 Å². The number of aromatic nitrogens is 3. The van der Waals surface area contributed by atoms with Crippen molar-refractivity contribution >= 4 is 16.8 Å². The lowest BCUT2D eigenvalue weighted by atomic mass is 9.94. The number of benzene rings is 2. The van der Waals surface area contributed by atoms with Gasteiger partial charge in [-0.1, -0.05) is 6.07 Å². The molecule has 0 aliphatic rings. The van der Waals surface area contributed by atoms with Crippen LogP contribution in [-0.2, 0) is 13.5 Å². The van der Waals surface area contributed by atoms with Crippen LogP contribution in [0.15, 0.2) is 65.8 Å². The van der Waals surface area contributed by atoms with Gasteiger partial charge in [0.05, 0.1) is 25.3 Å². The maximum absolute atomic E-state index is 15.2. The minimum Gasteiger partial charge on any atom is -0.491 e. The summed E-state index contributed by atoms with van der Waals surface area (Å²) in [6, 6.07) is 10.0. The molecule has 0 amide bonds. The monoisotopic (exact) mass is 571 g/mol. The van der Waals surface area contributed by atoms with Crippen LogP contribution in [0.5, 0.6) is 23.1 Å². The van der Waals surface area contributed by atoms with E-state index in [1.54, 1.807) is 49.9 Å². The van der Waals surface area contributed by atoms with E-state index in [0.717, 1.165) is 0 Å². The molecule has 42 heavy (non-hydrogen) atoms. The Labute approximate surface area is 240 Å². The van der Waals surface area contributed by atoms with Gasteiger partial charge < -0.3 is 18.8 Å². The number of halogens is 2. The molecule has 5 rings (SSSR count). The molecule has 0 bridgehead atoms. The van der Waals surface area contributed by atoms with Crippen LogP contribution in [0, 0.1) is 25.5 Å². The van der Waals surface area contributed by atoms with Gasteiger partial charge in [-0.2, -0.15) is 0 Å². The third-order valence-electron chi connectivity index (χ3n) is 6.82. The van der Waals surface area contributed by atoms with Crippen molar-refractivity contribution in [3.05, 3.63) is 105 Å². The molecule has 0 spiro atoms. The van der Waals surface area contributed by atoms with Crippen molar-refractivity contribution in [1.82, 2.24) is 14.5 Å². The first-order valence-electron chi connectivity index (χ1n) is 12.9. The van der Waals surface area contributed by atoms with E-state index in [-0.39, 0.29) is 29.4 Å². The molecular formula is C32H27F2N3O5. The maximum Gasteiger partial charge on any atom is 0.257 e. The van der Waals surface area contributed by atoms with Gasteiger partial charge in [-0.25, -0.2) is 13.8 Å². The predicted molar refractivity (Wildman–Crippen MR) is 154 cm³/mol. The number of methoxy groups -OCH3 is 2. The SMILES string of the molecule is COc1cc2nccc(Oc3ccc(CC(=O)c4cn(C)cc(-c5c(C)cc(F)cc5C)c4=O)cc3F)c2nc1OC. The zero-order valence-electron chi connectivity index (χ0n) is 23.6. The van der Waals surface area contributed by atoms with Crippen molar-refractivity contribution in [3.63, 3.8) is 0 Å². The van der Waals surface area contributed by atoms with Crippen molar-refractivity contribution in [2.24, 2.45) is 7.05 Å². The summed E-state index contributed by atoms with van der Waals surface area (Å²) in [6.07, 6.45) is 4.34. The Morgan fingerprint density at radius 1 is 0.929 bits per heavy atom. The number of nitrogens with zero attached hydrogens (tertiary/aromatic N) is 3. The molecule has 8 nitrogen and oxygen atoms in total. The lowest BCUT2D eigenvalue weighted by molar-refractivity contribution is 0.0991. The van der Waals surface area contributed by atoms with E-state index in [9.17, 15) is 14.0 Å². The fourth-order valence-electron chi connectivity index (χ4n) is 4.94. The number of Topliss-reactive ketones (excluding diaryl/α,β-unsaturated/α-hetero) is 1. The first-order valence-corrected chi connectivity index (χ1v) is 12.9. The Kier molecular flexibility index (Phi) is 7.71. The Bertz CT molecular complexity index is 1900. The highest BCUT2D eigenvalue weighted by molar-refractivity contribution is 5.98. The largest absolute Gasteiger partial charge is 0.491 e. The van der Waals surface area contributed by atoms with Gasteiger partial charge in [0.1, 0.15) is 11.3 Å². The molecule has 3 aromatic heterocycles. The first kappa shape index (κ1) is 28.4. The van der Waals surface area contributed by atoms with Crippen LogP contribution < -0.4 is 19.6 Å². The summed E-state index contributed by atoms with van der Waals surface area (Å²) in [5.74, 6) is -0.819. The van der Waals surface area contributed by atoms with Crippen LogP contribution in [0.3, 0.4) is 0 Å². The standard InChI is InChI=1S/C32H27F2N3O5/c1-17-10-20(33)11-18(2)29(17)22-16-37(3)15-21(31(22)39)25(38)13-19-6-7-26(23(34)12-19)42-27-8-9-35-24-14-28(40-4)32(41-5)36-30(24)27/h6-12,14-16H,13H2,1-5H3. The summed E-state index contributed by atoms with van der Waals surface area (Å²) in [4.78, 5) is 35.3. The van der Waals surface area contributed by atoms with Crippen LogP contribution in [0.4, 0.5) is 8.78 Å². The van der Waals surface area contributed by atoms with Crippen LogP contribution in [0.25, 0.3) is 22.2 Å².